The average molecular weight is 384 g/mol. The van der Waals surface area contributed by atoms with Gasteiger partial charge >= 0.3 is 12.1 Å². The van der Waals surface area contributed by atoms with Crippen molar-refractivity contribution < 1.29 is 27.4 Å². The van der Waals surface area contributed by atoms with Crippen LogP contribution >= 0.6 is 0 Å². The maximum absolute atomic E-state index is 12.8. The third kappa shape index (κ3) is 3.45. The van der Waals surface area contributed by atoms with E-state index in [1.807, 2.05) is 48.5 Å². The maximum Gasteiger partial charge on any atom is 0.416 e. The van der Waals surface area contributed by atoms with E-state index >= 15 is 0 Å². The highest BCUT2D eigenvalue weighted by Crippen LogP contribution is 2.45. The number of rotatable bonds is 4. The molecule has 3 aromatic carbocycles. The van der Waals surface area contributed by atoms with Gasteiger partial charge in [0.2, 0.25) is 0 Å². The predicted molar refractivity (Wildman–Crippen MR) is 96.8 cm³/mol. The number of ether oxygens (including phenoxy) is 2. The van der Waals surface area contributed by atoms with Gasteiger partial charge in [-0.3, -0.25) is 0 Å². The molecule has 0 bridgehead atoms. The number of benzene rings is 3. The summed E-state index contributed by atoms with van der Waals surface area (Å²) < 4.78 is 49.1. The Balaban J connectivity index is 1.48. The molecule has 0 aliphatic heterocycles. The van der Waals surface area contributed by atoms with Gasteiger partial charge in [-0.05, 0) is 29.3 Å². The first kappa shape index (κ1) is 18.1. The molecule has 4 rings (SSSR count). The number of carbonyl (C=O) groups is 1. The standard InChI is InChI=1S/C22H15F3O3/c23-22(24,25)14-6-5-7-15(12-14)27-13-20(26)28-21-18-10-3-1-8-16(18)17-9-2-4-11-19(17)21/h1-12,21H,13H2. The van der Waals surface area contributed by atoms with Crippen molar-refractivity contribution in [3.63, 3.8) is 0 Å². The van der Waals surface area contributed by atoms with Crippen LogP contribution in [0, 0.1) is 0 Å². The van der Waals surface area contributed by atoms with Crippen molar-refractivity contribution in [3.8, 4) is 16.9 Å². The van der Waals surface area contributed by atoms with Crippen LogP contribution in [0.25, 0.3) is 11.1 Å². The molecular weight excluding hydrogens is 369 g/mol. The van der Waals surface area contributed by atoms with Gasteiger partial charge < -0.3 is 9.47 Å². The van der Waals surface area contributed by atoms with Gasteiger partial charge in [-0.15, -0.1) is 0 Å². The monoisotopic (exact) mass is 384 g/mol. The Morgan fingerprint density at radius 1 is 0.857 bits per heavy atom. The Hall–Kier alpha value is -3.28. The van der Waals surface area contributed by atoms with Gasteiger partial charge in [0.05, 0.1) is 5.56 Å². The van der Waals surface area contributed by atoms with Crippen LogP contribution in [-0.4, -0.2) is 12.6 Å². The van der Waals surface area contributed by atoms with Crippen LogP contribution in [-0.2, 0) is 15.7 Å². The van der Waals surface area contributed by atoms with Gasteiger partial charge in [0.1, 0.15) is 5.75 Å². The highest BCUT2D eigenvalue weighted by molar-refractivity contribution is 5.80. The lowest BCUT2D eigenvalue weighted by Gasteiger charge is -2.15. The summed E-state index contributed by atoms with van der Waals surface area (Å²) in [6, 6.07) is 19.6. The normalized spacial score (nSPS) is 13.0. The fourth-order valence-electron chi connectivity index (χ4n) is 3.31. The second kappa shape index (κ2) is 7.03. The first-order chi connectivity index (χ1) is 13.4. The Morgan fingerprint density at radius 2 is 1.46 bits per heavy atom. The van der Waals surface area contributed by atoms with Gasteiger partial charge in [-0.1, -0.05) is 54.6 Å². The Morgan fingerprint density at radius 3 is 2.07 bits per heavy atom. The molecule has 0 spiro atoms. The molecule has 3 aromatic rings. The van der Waals surface area contributed by atoms with E-state index in [0.29, 0.717) is 0 Å². The summed E-state index contributed by atoms with van der Waals surface area (Å²) in [6.07, 6.45) is -5.04. The van der Waals surface area contributed by atoms with Crippen molar-refractivity contribution in [1.29, 1.82) is 0 Å². The van der Waals surface area contributed by atoms with Crippen LogP contribution < -0.4 is 4.74 Å². The number of hydrogen-bond acceptors (Lipinski definition) is 3. The lowest BCUT2D eigenvalue weighted by atomic mass is 10.1. The predicted octanol–water partition coefficient (Wildman–Crippen LogP) is 5.40. The van der Waals surface area contributed by atoms with Gasteiger partial charge in [0, 0.05) is 11.1 Å². The molecule has 142 valence electrons. The molecule has 28 heavy (non-hydrogen) atoms. The molecule has 0 radical (unpaired) electrons. The van der Waals surface area contributed by atoms with E-state index in [0.717, 1.165) is 34.4 Å². The number of carbonyl (C=O) groups excluding carboxylic acids is 1. The zero-order chi connectivity index (χ0) is 19.7. The molecule has 6 heteroatoms. The van der Waals surface area contributed by atoms with E-state index in [-0.39, 0.29) is 5.75 Å². The number of halogens is 3. The topological polar surface area (TPSA) is 35.5 Å². The number of fused-ring (bicyclic) bond motifs is 3. The summed E-state index contributed by atoms with van der Waals surface area (Å²) in [5, 5.41) is 0. The van der Waals surface area contributed by atoms with E-state index in [9.17, 15) is 18.0 Å². The lowest BCUT2D eigenvalue weighted by Crippen LogP contribution is -2.18. The second-order valence-electron chi connectivity index (χ2n) is 6.36. The van der Waals surface area contributed by atoms with Crippen LogP contribution in [0.4, 0.5) is 13.2 Å². The first-order valence-corrected chi connectivity index (χ1v) is 8.61. The largest absolute Gasteiger partial charge is 0.482 e. The first-order valence-electron chi connectivity index (χ1n) is 8.61. The molecule has 0 aromatic heterocycles. The average Bonchev–Trinajstić information content (AvgIpc) is 3.00. The number of hydrogen-bond donors (Lipinski definition) is 0. The van der Waals surface area contributed by atoms with Crippen LogP contribution in [0.5, 0.6) is 5.75 Å². The molecule has 0 saturated heterocycles. The molecule has 3 nitrogen and oxygen atoms in total. The minimum absolute atomic E-state index is 0.0426. The molecule has 0 heterocycles. The van der Waals surface area contributed by atoms with Gasteiger partial charge in [-0.2, -0.15) is 13.2 Å². The summed E-state index contributed by atoms with van der Waals surface area (Å²) in [4.78, 5) is 12.3. The highest BCUT2D eigenvalue weighted by Gasteiger charge is 2.32. The quantitative estimate of drug-likeness (QED) is 0.565. The van der Waals surface area contributed by atoms with Gasteiger partial charge in [-0.25, -0.2) is 4.79 Å². The summed E-state index contributed by atoms with van der Waals surface area (Å²) in [5.74, 6) is -0.701. The summed E-state index contributed by atoms with van der Waals surface area (Å²) in [7, 11) is 0. The minimum atomic E-state index is -4.48. The molecule has 1 aliphatic carbocycles. The summed E-state index contributed by atoms with van der Waals surface area (Å²) in [6.45, 7) is -0.484. The molecule has 0 atom stereocenters. The van der Waals surface area contributed by atoms with E-state index in [1.54, 1.807) is 0 Å². The molecule has 0 unspecified atom stereocenters. The summed E-state index contributed by atoms with van der Waals surface area (Å²) in [5.41, 5.74) is 2.90. The van der Waals surface area contributed by atoms with Crippen LogP contribution in [0.3, 0.4) is 0 Å². The Kier molecular flexibility index (Phi) is 4.55. The SMILES string of the molecule is O=C(COc1cccc(C(F)(F)F)c1)OC1c2ccccc2-c2ccccc21. The number of alkyl halides is 3. The van der Waals surface area contributed by atoms with Crippen molar-refractivity contribution in [1.82, 2.24) is 0 Å². The fourth-order valence-corrected chi connectivity index (χ4v) is 3.31. The zero-order valence-electron chi connectivity index (χ0n) is 14.6. The highest BCUT2D eigenvalue weighted by atomic mass is 19.4. The van der Waals surface area contributed by atoms with Crippen molar-refractivity contribution in [2.24, 2.45) is 0 Å². The van der Waals surface area contributed by atoms with Gasteiger partial charge in [0.25, 0.3) is 0 Å². The van der Waals surface area contributed by atoms with Crippen LogP contribution in [0.1, 0.15) is 22.8 Å². The fraction of sp³-hybridized carbons (Fsp3) is 0.136. The molecular formula is C22H15F3O3. The van der Waals surface area contributed by atoms with E-state index in [4.69, 9.17) is 9.47 Å². The lowest BCUT2D eigenvalue weighted by molar-refractivity contribution is -0.149. The Labute approximate surface area is 159 Å². The molecule has 0 saturated carbocycles. The molecule has 0 N–H and O–H groups in total. The molecule has 0 amide bonds. The van der Waals surface area contributed by atoms with E-state index in [2.05, 4.69) is 0 Å². The molecule has 1 aliphatic rings. The third-order valence-electron chi connectivity index (χ3n) is 4.54. The van der Waals surface area contributed by atoms with Crippen molar-refractivity contribution in [2.45, 2.75) is 12.3 Å². The van der Waals surface area contributed by atoms with Crippen LogP contribution in [0.2, 0.25) is 0 Å². The summed E-state index contributed by atoms with van der Waals surface area (Å²) >= 11 is 0. The third-order valence-corrected chi connectivity index (χ3v) is 4.54. The second-order valence-corrected chi connectivity index (χ2v) is 6.36. The molecule has 0 fully saturated rings. The van der Waals surface area contributed by atoms with Crippen molar-refractivity contribution >= 4 is 5.97 Å². The Bertz CT molecular complexity index is 982. The van der Waals surface area contributed by atoms with Gasteiger partial charge in [0.15, 0.2) is 12.7 Å². The van der Waals surface area contributed by atoms with E-state index < -0.39 is 30.4 Å². The minimum Gasteiger partial charge on any atom is -0.482 e. The maximum atomic E-state index is 12.8. The van der Waals surface area contributed by atoms with Crippen LogP contribution in [0.15, 0.2) is 72.8 Å². The smallest absolute Gasteiger partial charge is 0.416 e. The zero-order valence-corrected chi connectivity index (χ0v) is 14.6. The van der Waals surface area contributed by atoms with Crippen molar-refractivity contribution in [2.75, 3.05) is 6.61 Å². The van der Waals surface area contributed by atoms with Crippen molar-refractivity contribution in [3.05, 3.63) is 89.5 Å². The number of esters is 1. The van der Waals surface area contributed by atoms with E-state index in [1.165, 1.54) is 12.1 Å².